The van der Waals surface area contributed by atoms with Gasteiger partial charge in [-0.15, -0.1) is 17.0 Å². The molecule has 0 bridgehead atoms. The second kappa shape index (κ2) is 9.64. The van der Waals surface area contributed by atoms with Crippen LogP contribution in [0.2, 0.25) is 0 Å². The van der Waals surface area contributed by atoms with Crippen LogP contribution in [0, 0.1) is 0 Å². The highest BCUT2D eigenvalue weighted by atomic mass is 79.9. The number of aliphatic hydroxyl groups excluding tert-OH is 1. The average Bonchev–Trinajstić information content (AvgIpc) is 2.06. The van der Waals surface area contributed by atoms with Crippen LogP contribution in [0.4, 0.5) is 0 Å². The Morgan fingerprint density at radius 2 is 1.29 bits per heavy atom. The van der Waals surface area contributed by atoms with Gasteiger partial charge in [0.15, 0.2) is 0 Å². The number of rotatable bonds is 8. The van der Waals surface area contributed by atoms with Crippen LogP contribution in [0.3, 0.4) is 0 Å². The Hall–Kier alpha value is 0.0900. The van der Waals surface area contributed by atoms with Crippen LogP contribution in [-0.2, 0) is 0 Å². The van der Waals surface area contributed by atoms with E-state index in [4.69, 9.17) is 5.11 Å². The van der Waals surface area contributed by atoms with Gasteiger partial charge in [0.25, 0.3) is 0 Å². The molecule has 3 heteroatoms. The molecule has 0 rings (SSSR count). The average molecular weight is 280 g/mol. The van der Waals surface area contributed by atoms with E-state index in [1.54, 1.807) is 0 Å². The lowest BCUT2D eigenvalue weighted by Gasteiger charge is -2.22. The van der Waals surface area contributed by atoms with Crippen LogP contribution in [0.25, 0.3) is 0 Å². The van der Waals surface area contributed by atoms with Gasteiger partial charge in [-0.1, -0.05) is 38.0 Å². The minimum Gasteiger partial charge on any atom is -0.393 e. The zero-order chi connectivity index (χ0) is 10.2. The first kappa shape index (κ1) is 16.5. The lowest BCUT2D eigenvalue weighted by Crippen LogP contribution is -2.11. The number of hydrogen-bond donors (Lipinski definition) is 1. The van der Waals surface area contributed by atoms with Crippen molar-refractivity contribution in [3.63, 3.8) is 0 Å². The molecule has 0 aromatic heterocycles. The number of hydrogen-bond acceptors (Lipinski definition) is 1. The first-order chi connectivity index (χ1) is 6.24. The van der Waals surface area contributed by atoms with E-state index in [0.29, 0.717) is 0 Å². The monoisotopic (exact) mass is 279 g/mol. The summed E-state index contributed by atoms with van der Waals surface area (Å²) in [5, 5.41) is 9.01. The van der Waals surface area contributed by atoms with E-state index in [-0.39, 0.29) is 23.6 Å². The molecule has 0 radical (unpaired) electrons. The van der Waals surface area contributed by atoms with Gasteiger partial charge in [-0.05, 0) is 0 Å². The van der Waals surface area contributed by atoms with Crippen LogP contribution in [0.1, 0.15) is 0 Å². The Bertz CT molecular complexity index is 154. The third kappa shape index (κ3) is 5.74. The SMILES string of the molecule is Br.C=CC[P+](CC=C)(CC=C)CCO. The smallest absolute Gasteiger partial charge is 0.0834 e. The van der Waals surface area contributed by atoms with Crippen LogP contribution in [0.5, 0.6) is 0 Å². The largest absolute Gasteiger partial charge is 0.393 e. The highest BCUT2D eigenvalue weighted by molar-refractivity contribution is 8.93. The van der Waals surface area contributed by atoms with Gasteiger partial charge in [0, 0.05) is 7.26 Å². The van der Waals surface area contributed by atoms with Crippen molar-refractivity contribution in [2.45, 2.75) is 0 Å². The maximum atomic E-state index is 9.01. The summed E-state index contributed by atoms with van der Waals surface area (Å²) in [5.74, 6) is 0. The molecule has 0 atom stereocenters. The Labute approximate surface area is 98.7 Å². The van der Waals surface area contributed by atoms with Gasteiger partial charge in [0.2, 0.25) is 0 Å². The molecular formula is C11H21BrOP+. The molecule has 1 N–H and O–H groups in total. The van der Waals surface area contributed by atoms with Gasteiger partial charge < -0.3 is 5.11 Å². The molecule has 0 aliphatic rings. The summed E-state index contributed by atoms with van der Waals surface area (Å²) in [6.45, 7) is 11.6. The zero-order valence-electron chi connectivity index (χ0n) is 8.69. The molecule has 0 aromatic rings. The topological polar surface area (TPSA) is 20.2 Å². The molecule has 0 amide bonds. The Morgan fingerprint density at radius 1 is 0.929 bits per heavy atom. The fourth-order valence-electron chi connectivity index (χ4n) is 1.53. The van der Waals surface area contributed by atoms with E-state index in [9.17, 15) is 0 Å². The molecule has 0 fully saturated rings. The van der Waals surface area contributed by atoms with Gasteiger partial charge >= 0.3 is 0 Å². The molecule has 82 valence electrons. The number of allylic oxidation sites excluding steroid dienone is 3. The fourth-order valence-corrected chi connectivity index (χ4v) is 4.59. The van der Waals surface area contributed by atoms with Crippen molar-refractivity contribution in [2.75, 3.05) is 31.3 Å². The van der Waals surface area contributed by atoms with Crippen molar-refractivity contribution < 1.29 is 5.11 Å². The first-order valence-electron chi connectivity index (χ1n) is 4.53. The van der Waals surface area contributed by atoms with Gasteiger partial charge in [0.05, 0.1) is 31.3 Å². The van der Waals surface area contributed by atoms with Crippen LogP contribution >= 0.6 is 24.2 Å². The van der Waals surface area contributed by atoms with Crippen molar-refractivity contribution in [1.29, 1.82) is 0 Å². The normalized spacial score (nSPS) is 10.1. The van der Waals surface area contributed by atoms with Gasteiger partial charge in [-0.2, -0.15) is 0 Å². The predicted molar refractivity (Wildman–Crippen MR) is 74.4 cm³/mol. The van der Waals surface area contributed by atoms with Crippen molar-refractivity contribution in [3.8, 4) is 0 Å². The zero-order valence-corrected chi connectivity index (χ0v) is 11.3. The Balaban J connectivity index is 0. The Kier molecular flexibility index (Phi) is 11.4. The quantitative estimate of drug-likeness (QED) is 0.535. The summed E-state index contributed by atoms with van der Waals surface area (Å²) >= 11 is 0. The second-order valence-electron chi connectivity index (χ2n) is 3.20. The summed E-state index contributed by atoms with van der Waals surface area (Å²) < 4.78 is 0. The fraction of sp³-hybridized carbons (Fsp3) is 0.455. The maximum absolute atomic E-state index is 9.01. The summed E-state index contributed by atoms with van der Waals surface area (Å²) in [4.78, 5) is 0. The molecule has 0 aliphatic heterocycles. The van der Waals surface area contributed by atoms with E-state index in [0.717, 1.165) is 24.6 Å². The molecule has 14 heavy (non-hydrogen) atoms. The van der Waals surface area contributed by atoms with E-state index < -0.39 is 7.26 Å². The third-order valence-electron chi connectivity index (χ3n) is 2.12. The van der Waals surface area contributed by atoms with Gasteiger partial charge in [0.1, 0.15) is 0 Å². The summed E-state index contributed by atoms with van der Waals surface area (Å²) in [5.41, 5.74) is 0. The highest BCUT2D eigenvalue weighted by Crippen LogP contribution is 2.58. The van der Waals surface area contributed by atoms with Crippen molar-refractivity contribution >= 4 is 24.2 Å². The summed E-state index contributed by atoms with van der Waals surface area (Å²) in [7, 11) is -1.10. The number of aliphatic hydroxyl groups is 1. The van der Waals surface area contributed by atoms with Gasteiger partial charge in [-0.25, -0.2) is 0 Å². The molecule has 0 heterocycles. The van der Waals surface area contributed by atoms with Crippen LogP contribution in [-0.4, -0.2) is 36.4 Å². The minimum atomic E-state index is -1.10. The Morgan fingerprint density at radius 3 is 1.50 bits per heavy atom. The minimum absolute atomic E-state index is 0. The van der Waals surface area contributed by atoms with E-state index in [1.165, 1.54) is 0 Å². The third-order valence-corrected chi connectivity index (χ3v) is 6.37. The molecule has 1 nitrogen and oxygen atoms in total. The van der Waals surface area contributed by atoms with Crippen molar-refractivity contribution in [2.24, 2.45) is 0 Å². The van der Waals surface area contributed by atoms with Gasteiger partial charge in [-0.3, -0.25) is 0 Å². The van der Waals surface area contributed by atoms with Crippen LogP contribution in [0.15, 0.2) is 38.0 Å². The first-order valence-corrected chi connectivity index (χ1v) is 7.06. The second-order valence-corrected chi connectivity index (χ2v) is 7.43. The van der Waals surface area contributed by atoms with Crippen molar-refractivity contribution in [1.82, 2.24) is 0 Å². The molecule has 0 saturated heterocycles. The standard InChI is InChI=1S/C11H20OP.BrH/c1-4-8-13(9-5-2,10-6-3)11-7-12;/h4-6,12H,1-3,7-11H2;1H/q+1;. The molecule has 0 saturated carbocycles. The predicted octanol–water partition coefficient (Wildman–Crippen LogP) is 3.13. The number of halogens is 1. The van der Waals surface area contributed by atoms with Crippen molar-refractivity contribution in [3.05, 3.63) is 38.0 Å². The molecular weight excluding hydrogens is 259 g/mol. The molecule has 0 aromatic carbocycles. The van der Waals surface area contributed by atoms with E-state index in [1.807, 2.05) is 18.2 Å². The van der Waals surface area contributed by atoms with E-state index in [2.05, 4.69) is 19.7 Å². The van der Waals surface area contributed by atoms with Crippen LogP contribution < -0.4 is 0 Å². The maximum Gasteiger partial charge on any atom is 0.0834 e. The summed E-state index contributed by atoms with van der Waals surface area (Å²) in [6, 6.07) is 0. The lowest BCUT2D eigenvalue weighted by molar-refractivity contribution is 0.321. The lowest BCUT2D eigenvalue weighted by atomic mass is 10.7. The molecule has 0 spiro atoms. The molecule has 0 unspecified atom stereocenters. The highest BCUT2D eigenvalue weighted by Gasteiger charge is 2.32. The van der Waals surface area contributed by atoms with E-state index >= 15 is 0 Å². The molecule has 0 aliphatic carbocycles. The summed E-state index contributed by atoms with van der Waals surface area (Å²) in [6.07, 6.45) is 9.82.